The van der Waals surface area contributed by atoms with E-state index in [0.717, 1.165) is 0 Å². The van der Waals surface area contributed by atoms with E-state index in [1.807, 2.05) is 0 Å². The molecule has 2 aliphatic carbocycles. The number of rotatable bonds is 3. The van der Waals surface area contributed by atoms with E-state index >= 15 is 0 Å². The molecule has 0 unspecified atom stereocenters. The molecule has 0 aromatic heterocycles. The lowest BCUT2D eigenvalue weighted by Gasteiger charge is -2.24. The van der Waals surface area contributed by atoms with Crippen molar-refractivity contribution in [2.45, 2.75) is 38.5 Å². The third-order valence-electron chi connectivity index (χ3n) is 12.9. The van der Waals surface area contributed by atoms with Gasteiger partial charge in [-0.1, -0.05) is 185 Å². The van der Waals surface area contributed by atoms with Gasteiger partial charge in [-0.3, -0.25) is 0 Å². The summed E-state index contributed by atoms with van der Waals surface area (Å²) in [6.07, 6.45) is 0. The van der Waals surface area contributed by atoms with Crippen molar-refractivity contribution in [2.75, 3.05) is 0 Å². The van der Waals surface area contributed by atoms with Gasteiger partial charge in [0, 0.05) is 10.8 Å². The first-order valence-electron chi connectivity index (χ1n) is 19.3. The summed E-state index contributed by atoms with van der Waals surface area (Å²) in [6.45, 7) is 9.58. The normalized spacial score (nSPS) is 14.6. The van der Waals surface area contributed by atoms with Crippen molar-refractivity contribution >= 4 is 32.3 Å². The van der Waals surface area contributed by atoms with E-state index in [2.05, 4.69) is 198 Å². The van der Waals surface area contributed by atoms with Crippen LogP contribution in [0.25, 0.3) is 88.0 Å². The smallest absolute Gasteiger partial charge is 0.0159 e. The van der Waals surface area contributed by atoms with Gasteiger partial charge < -0.3 is 0 Å². The molecule has 9 aromatic carbocycles. The Labute approximate surface area is 317 Å². The van der Waals surface area contributed by atoms with Crippen molar-refractivity contribution in [2.24, 2.45) is 0 Å². The van der Waals surface area contributed by atoms with Crippen LogP contribution in [0.1, 0.15) is 49.9 Å². The highest BCUT2D eigenvalue weighted by molar-refractivity contribution is 6.23. The molecule has 0 atom stereocenters. The molecular formula is C54H40. The fraction of sp³-hybridized carbons (Fsp3) is 0.111. The largest absolute Gasteiger partial charge is 0.0619 e. The van der Waals surface area contributed by atoms with Crippen LogP contribution in [0.2, 0.25) is 0 Å². The van der Waals surface area contributed by atoms with Crippen LogP contribution in [0.15, 0.2) is 170 Å². The summed E-state index contributed by atoms with van der Waals surface area (Å²) in [7, 11) is 0. The van der Waals surface area contributed by atoms with Gasteiger partial charge >= 0.3 is 0 Å². The molecule has 0 fully saturated rings. The third kappa shape index (κ3) is 4.20. The number of hydrogen-bond donors (Lipinski definition) is 0. The van der Waals surface area contributed by atoms with Crippen LogP contribution in [-0.2, 0) is 10.8 Å². The van der Waals surface area contributed by atoms with E-state index < -0.39 is 0 Å². The zero-order valence-corrected chi connectivity index (χ0v) is 31.2. The van der Waals surface area contributed by atoms with E-state index in [0.29, 0.717) is 0 Å². The molecule has 0 aliphatic heterocycles. The Kier molecular flexibility index (Phi) is 6.46. The summed E-state index contributed by atoms with van der Waals surface area (Å²) in [6, 6.07) is 63.8. The fourth-order valence-corrected chi connectivity index (χ4v) is 10.2. The Morgan fingerprint density at radius 1 is 0.278 bits per heavy atom. The van der Waals surface area contributed by atoms with Crippen LogP contribution in [0.4, 0.5) is 0 Å². The highest BCUT2D eigenvalue weighted by atomic mass is 14.5. The number of benzene rings is 9. The van der Waals surface area contributed by atoms with Crippen LogP contribution in [0.3, 0.4) is 0 Å². The maximum atomic E-state index is 2.48. The van der Waals surface area contributed by atoms with Crippen molar-refractivity contribution in [3.8, 4) is 55.6 Å². The summed E-state index contributed by atoms with van der Waals surface area (Å²) < 4.78 is 0. The minimum atomic E-state index is -0.112. The van der Waals surface area contributed by atoms with E-state index in [1.54, 1.807) is 0 Å². The molecule has 0 nitrogen and oxygen atoms in total. The van der Waals surface area contributed by atoms with Gasteiger partial charge in [0.15, 0.2) is 0 Å². The van der Waals surface area contributed by atoms with Crippen molar-refractivity contribution < 1.29 is 0 Å². The summed E-state index contributed by atoms with van der Waals surface area (Å²) in [5.41, 5.74) is 18.8. The van der Waals surface area contributed by atoms with Crippen molar-refractivity contribution in [3.63, 3.8) is 0 Å². The molecule has 256 valence electrons. The van der Waals surface area contributed by atoms with Gasteiger partial charge in [0.25, 0.3) is 0 Å². The third-order valence-corrected chi connectivity index (χ3v) is 12.9. The molecule has 0 heteroatoms. The summed E-state index contributed by atoms with van der Waals surface area (Å²) in [5.74, 6) is 0. The van der Waals surface area contributed by atoms with E-state index in [1.165, 1.54) is 110 Å². The molecule has 0 N–H and O–H groups in total. The first-order chi connectivity index (χ1) is 26.3. The lowest BCUT2D eigenvalue weighted by atomic mass is 9.79. The Morgan fingerprint density at radius 3 is 1.46 bits per heavy atom. The summed E-state index contributed by atoms with van der Waals surface area (Å²) in [5, 5.41) is 7.66. The minimum absolute atomic E-state index is 0.0182. The molecule has 0 saturated carbocycles. The summed E-state index contributed by atoms with van der Waals surface area (Å²) in [4.78, 5) is 0. The highest BCUT2D eigenvalue weighted by Gasteiger charge is 2.43. The number of hydrogen-bond acceptors (Lipinski definition) is 0. The van der Waals surface area contributed by atoms with Crippen LogP contribution in [-0.4, -0.2) is 0 Å². The van der Waals surface area contributed by atoms with E-state index in [-0.39, 0.29) is 10.8 Å². The molecule has 9 aromatic rings. The second-order valence-corrected chi connectivity index (χ2v) is 16.4. The molecule has 0 spiro atoms. The zero-order valence-electron chi connectivity index (χ0n) is 31.2. The van der Waals surface area contributed by atoms with Crippen LogP contribution in [0, 0.1) is 0 Å². The fourth-order valence-electron chi connectivity index (χ4n) is 10.2. The van der Waals surface area contributed by atoms with Crippen LogP contribution in [0.5, 0.6) is 0 Å². The average Bonchev–Trinajstić information content (AvgIpc) is 3.59. The molecule has 0 heterocycles. The van der Waals surface area contributed by atoms with Gasteiger partial charge in [-0.2, -0.15) is 0 Å². The topological polar surface area (TPSA) is 0 Å². The Balaban J connectivity index is 1.09. The first kappa shape index (κ1) is 31.3. The van der Waals surface area contributed by atoms with Crippen molar-refractivity contribution in [3.05, 3.63) is 192 Å². The Bertz CT molecular complexity index is 2980. The molecule has 0 amide bonds. The number of fused-ring (bicyclic) bond motifs is 10. The predicted octanol–water partition coefficient (Wildman–Crippen LogP) is 14.8. The summed E-state index contributed by atoms with van der Waals surface area (Å²) >= 11 is 0. The maximum absolute atomic E-state index is 2.48. The monoisotopic (exact) mass is 688 g/mol. The van der Waals surface area contributed by atoms with Crippen molar-refractivity contribution in [1.29, 1.82) is 0 Å². The van der Waals surface area contributed by atoms with Gasteiger partial charge in [-0.05, 0) is 122 Å². The Hall–Kier alpha value is -6.24. The standard InChI is InChI=1S/C54H40/c1-53(2)45-26-12-11-24-43(45)51-46(53)29-30-47-52(51)44-28-27-35(32-48(44)54(47,3)4)34-17-13-18-36(31-34)49-39-20-7-9-22-41(39)50(42-23-10-8-21-40(42)49)38-25-14-16-33-15-5-6-19-37(33)38/h5-32H,1-4H3. The lowest BCUT2D eigenvalue weighted by Crippen LogP contribution is -2.17. The molecular weight excluding hydrogens is 649 g/mol. The van der Waals surface area contributed by atoms with Gasteiger partial charge in [0.05, 0.1) is 0 Å². The molecule has 11 rings (SSSR count). The van der Waals surface area contributed by atoms with Crippen LogP contribution < -0.4 is 0 Å². The van der Waals surface area contributed by atoms with E-state index in [4.69, 9.17) is 0 Å². The molecule has 54 heavy (non-hydrogen) atoms. The first-order valence-corrected chi connectivity index (χ1v) is 19.3. The van der Waals surface area contributed by atoms with Gasteiger partial charge in [0.2, 0.25) is 0 Å². The zero-order chi connectivity index (χ0) is 36.3. The SMILES string of the molecule is CC1(C)c2ccccc2-c2c1ccc1c2-c2ccc(-c3cccc(-c4c5ccccc5c(-c5cccc6ccccc56)c5ccccc45)c3)cc2C1(C)C. The van der Waals surface area contributed by atoms with Gasteiger partial charge in [0.1, 0.15) is 0 Å². The molecule has 0 saturated heterocycles. The van der Waals surface area contributed by atoms with E-state index in [9.17, 15) is 0 Å². The van der Waals surface area contributed by atoms with Gasteiger partial charge in [-0.25, -0.2) is 0 Å². The second kappa shape index (κ2) is 11.1. The molecule has 0 bridgehead atoms. The quantitative estimate of drug-likeness (QED) is 0.162. The highest BCUT2D eigenvalue weighted by Crippen LogP contribution is 2.59. The van der Waals surface area contributed by atoms with Crippen molar-refractivity contribution in [1.82, 2.24) is 0 Å². The van der Waals surface area contributed by atoms with Gasteiger partial charge in [-0.15, -0.1) is 0 Å². The Morgan fingerprint density at radius 2 is 0.759 bits per heavy atom. The van der Waals surface area contributed by atoms with Crippen LogP contribution >= 0.6 is 0 Å². The average molecular weight is 689 g/mol. The molecule has 0 radical (unpaired) electrons. The molecule has 2 aliphatic rings. The minimum Gasteiger partial charge on any atom is -0.0619 e. The maximum Gasteiger partial charge on any atom is 0.0159 e. The lowest BCUT2D eigenvalue weighted by molar-refractivity contribution is 0.651. The second-order valence-electron chi connectivity index (χ2n) is 16.4. The predicted molar refractivity (Wildman–Crippen MR) is 230 cm³/mol.